The number of benzene rings is 2. The van der Waals surface area contributed by atoms with Gasteiger partial charge in [0.1, 0.15) is 11.6 Å². The van der Waals surface area contributed by atoms with Crippen molar-refractivity contribution < 1.29 is 13.6 Å². The van der Waals surface area contributed by atoms with E-state index in [-0.39, 0.29) is 23.4 Å². The van der Waals surface area contributed by atoms with Gasteiger partial charge in [-0.3, -0.25) is 4.79 Å². The van der Waals surface area contributed by atoms with E-state index in [1.165, 1.54) is 6.07 Å². The fraction of sp³-hybridized carbons (Fsp3) is 0.150. The van der Waals surface area contributed by atoms with Crippen LogP contribution < -0.4 is 5.32 Å². The van der Waals surface area contributed by atoms with Gasteiger partial charge < -0.3 is 9.73 Å². The maximum Gasteiger partial charge on any atom is 0.291 e. The molecule has 24 heavy (non-hydrogen) atoms. The minimum atomic E-state index is -0.385. The molecule has 1 amide bonds. The lowest BCUT2D eigenvalue weighted by Crippen LogP contribution is -2.12. The molecule has 0 aliphatic carbocycles. The standard InChI is InChI=1S/C20H18FNO2/c1-13(2)14-7-4-6-10-17(14)22-20(23)19-12-11-18(24-19)15-8-3-5-9-16(15)21/h3-13H,1-2H3,(H,22,23). The van der Waals surface area contributed by atoms with Crippen molar-refractivity contribution in [3.63, 3.8) is 0 Å². The predicted molar refractivity (Wildman–Crippen MR) is 92.6 cm³/mol. The average Bonchev–Trinajstić information content (AvgIpc) is 3.05. The summed E-state index contributed by atoms with van der Waals surface area (Å²) in [5, 5.41) is 2.86. The number of para-hydroxylation sites is 1. The molecule has 0 atom stereocenters. The van der Waals surface area contributed by atoms with Crippen molar-refractivity contribution in [3.05, 3.63) is 77.8 Å². The van der Waals surface area contributed by atoms with Gasteiger partial charge in [0.05, 0.1) is 5.56 Å². The summed E-state index contributed by atoms with van der Waals surface area (Å²) in [6, 6.07) is 17.1. The van der Waals surface area contributed by atoms with Crippen molar-refractivity contribution in [1.29, 1.82) is 0 Å². The number of anilines is 1. The van der Waals surface area contributed by atoms with Crippen molar-refractivity contribution in [3.8, 4) is 11.3 Å². The Balaban J connectivity index is 1.84. The molecule has 3 aromatic rings. The van der Waals surface area contributed by atoms with Crippen molar-refractivity contribution >= 4 is 11.6 Å². The van der Waals surface area contributed by atoms with E-state index in [0.29, 0.717) is 11.3 Å². The zero-order valence-corrected chi connectivity index (χ0v) is 13.5. The highest BCUT2D eigenvalue weighted by molar-refractivity contribution is 6.03. The molecule has 0 aliphatic rings. The summed E-state index contributed by atoms with van der Waals surface area (Å²) in [5.74, 6) is 0.0175. The minimum absolute atomic E-state index is 0.145. The third-order valence-electron chi connectivity index (χ3n) is 3.80. The van der Waals surface area contributed by atoms with Gasteiger partial charge in [0, 0.05) is 5.69 Å². The Kier molecular flexibility index (Phi) is 4.47. The van der Waals surface area contributed by atoms with Gasteiger partial charge >= 0.3 is 0 Å². The van der Waals surface area contributed by atoms with Gasteiger partial charge in [0.15, 0.2) is 5.76 Å². The molecule has 0 spiro atoms. The molecule has 4 heteroatoms. The predicted octanol–water partition coefficient (Wildman–Crippen LogP) is 5.46. The maximum atomic E-state index is 13.8. The van der Waals surface area contributed by atoms with Crippen LogP contribution in [-0.2, 0) is 0 Å². The van der Waals surface area contributed by atoms with Crippen LogP contribution in [0, 0.1) is 5.82 Å². The van der Waals surface area contributed by atoms with Crippen LogP contribution in [-0.4, -0.2) is 5.91 Å². The molecule has 0 aliphatic heterocycles. The third-order valence-corrected chi connectivity index (χ3v) is 3.80. The summed E-state index contributed by atoms with van der Waals surface area (Å²) in [5.41, 5.74) is 2.13. The number of halogens is 1. The first kappa shape index (κ1) is 16.0. The Hall–Kier alpha value is -2.88. The second-order valence-electron chi connectivity index (χ2n) is 5.84. The van der Waals surface area contributed by atoms with E-state index >= 15 is 0 Å². The molecule has 0 fully saturated rings. The number of carbonyl (C=O) groups is 1. The summed E-state index contributed by atoms with van der Waals surface area (Å²) >= 11 is 0. The third kappa shape index (κ3) is 3.23. The number of furan rings is 1. The van der Waals surface area contributed by atoms with Crippen molar-refractivity contribution in [2.75, 3.05) is 5.32 Å². The number of nitrogens with one attached hydrogen (secondary N) is 1. The molecule has 1 heterocycles. The van der Waals surface area contributed by atoms with Crippen molar-refractivity contribution in [2.24, 2.45) is 0 Å². The molecule has 122 valence electrons. The zero-order valence-electron chi connectivity index (χ0n) is 13.5. The van der Waals surface area contributed by atoms with E-state index in [0.717, 1.165) is 11.3 Å². The molecular formula is C20H18FNO2. The molecule has 3 nitrogen and oxygen atoms in total. The molecule has 1 aromatic heterocycles. The van der Waals surface area contributed by atoms with Crippen LogP contribution in [0.25, 0.3) is 11.3 Å². The molecule has 0 unspecified atom stereocenters. The molecule has 0 saturated heterocycles. The Labute approximate surface area is 140 Å². The minimum Gasteiger partial charge on any atom is -0.451 e. The molecule has 3 rings (SSSR count). The van der Waals surface area contributed by atoms with Crippen LogP contribution in [0.5, 0.6) is 0 Å². The summed E-state index contributed by atoms with van der Waals surface area (Å²) in [6.07, 6.45) is 0. The Morgan fingerprint density at radius 2 is 1.71 bits per heavy atom. The van der Waals surface area contributed by atoms with Gasteiger partial charge in [-0.15, -0.1) is 0 Å². The van der Waals surface area contributed by atoms with E-state index < -0.39 is 0 Å². The first-order valence-electron chi connectivity index (χ1n) is 7.81. The van der Waals surface area contributed by atoms with Crippen molar-refractivity contribution in [1.82, 2.24) is 0 Å². The summed E-state index contributed by atoms with van der Waals surface area (Å²) in [7, 11) is 0. The number of amides is 1. The topological polar surface area (TPSA) is 42.2 Å². The fourth-order valence-corrected chi connectivity index (χ4v) is 2.56. The molecule has 2 aromatic carbocycles. The number of hydrogen-bond donors (Lipinski definition) is 1. The van der Waals surface area contributed by atoms with Crippen molar-refractivity contribution in [2.45, 2.75) is 19.8 Å². The number of carbonyl (C=O) groups excluding carboxylic acids is 1. The lowest BCUT2D eigenvalue weighted by Gasteiger charge is -2.12. The second-order valence-corrected chi connectivity index (χ2v) is 5.84. The van der Waals surface area contributed by atoms with Gasteiger partial charge in [-0.2, -0.15) is 0 Å². The summed E-state index contributed by atoms with van der Waals surface area (Å²) < 4.78 is 19.3. The molecule has 1 N–H and O–H groups in total. The van der Waals surface area contributed by atoms with Crippen LogP contribution in [0.1, 0.15) is 35.9 Å². The van der Waals surface area contributed by atoms with Crippen LogP contribution in [0.15, 0.2) is 65.1 Å². The van der Waals surface area contributed by atoms with E-state index in [1.54, 1.807) is 30.3 Å². The van der Waals surface area contributed by atoms with Crippen LogP contribution in [0.3, 0.4) is 0 Å². The van der Waals surface area contributed by atoms with E-state index in [9.17, 15) is 9.18 Å². The normalized spacial score (nSPS) is 10.8. The maximum absolute atomic E-state index is 13.8. The number of rotatable bonds is 4. The first-order valence-corrected chi connectivity index (χ1v) is 7.81. The van der Waals surface area contributed by atoms with Gasteiger partial charge in [-0.1, -0.05) is 44.2 Å². The second kappa shape index (κ2) is 6.71. The highest BCUT2D eigenvalue weighted by atomic mass is 19.1. The fourth-order valence-electron chi connectivity index (χ4n) is 2.56. The molecular weight excluding hydrogens is 305 g/mol. The summed E-state index contributed by atoms with van der Waals surface area (Å²) in [4.78, 5) is 12.4. The van der Waals surface area contributed by atoms with E-state index in [2.05, 4.69) is 19.2 Å². The Morgan fingerprint density at radius 3 is 2.46 bits per heavy atom. The van der Waals surface area contributed by atoms with E-state index in [1.807, 2.05) is 24.3 Å². The number of hydrogen-bond acceptors (Lipinski definition) is 2. The van der Waals surface area contributed by atoms with Crippen LogP contribution >= 0.6 is 0 Å². The molecule has 0 radical (unpaired) electrons. The lowest BCUT2D eigenvalue weighted by atomic mass is 10.0. The van der Waals surface area contributed by atoms with E-state index in [4.69, 9.17) is 4.42 Å². The first-order chi connectivity index (χ1) is 11.6. The summed E-state index contributed by atoms with van der Waals surface area (Å²) in [6.45, 7) is 4.13. The molecule has 0 bridgehead atoms. The van der Waals surface area contributed by atoms with Gasteiger partial charge in [0.2, 0.25) is 0 Å². The zero-order chi connectivity index (χ0) is 17.1. The highest BCUT2D eigenvalue weighted by Crippen LogP contribution is 2.27. The van der Waals surface area contributed by atoms with Crippen LogP contribution in [0.4, 0.5) is 10.1 Å². The SMILES string of the molecule is CC(C)c1ccccc1NC(=O)c1ccc(-c2ccccc2F)o1. The highest BCUT2D eigenvalue weighted by Gasteiger charge is 2.16. The largest absolute Gasteiger partial charge is 0.451 e. The average molecular weight is 323 g/mol. The van der Waals surface area contributed by atoms with Gasteiger partial charge in [-0.05, 0) is 41.8 Å². The Bertz CT molecular complexity index is 867. The molecule has 0 saturated carbocycles. The smallest absolute Gasteiger partial charge is 0.291 e. The van der Waals surface area contributed by atoms with Crippen LogP contribution in [0.2, 0.25) is 0 Å². The quantitative estimate of drug-likeness (QED) is 0.692. The lowest BCUT2D eigenvalue weighted by molar-refractivity contribution is 0.0997. The van der Waals surface area contributed by atoms with Gasteiger partial charge in [-0.25, -0.2) is 4.39 Å². The Morgan fingerprint density at radius 1 is 1.00 bits per heavy atom. The monoisotopic (exact) mass is 323 g/mol. The van der Waals surface area contributed by atoms with Gasteiger partial charge in [0.25, 0.3) is 5.91 Å².